The van der Waals surface area contributed by atoms with Crippen molar-refractivity contribution in [2.75, 3.05) is 30.6 Å². The number of nitrogen functional groups attached to an aromatic ring is 1. The average Bonchev–Trinajstić information content (AvgIpc) is 3.69. The number of hydrogen-bond acceptors (Lipinski definition) is 10. The molecule has 2 heterocycles. The van der Waals surface area contributed by atoms with Gasteiger partial charge >= 0.3 is 13.5 Å². The zero-order chi connectivity index (χ0) is 28.7. The number of aromatic nitrogens is 4. The lowest BCUT2D eigenvalue weighted by Crippen LogP contribution is -2.39. The van der Waals surface area contributed by atoms with E-state index >= 15 is 0 Å². The van der Waals surface area contributed by atoms with E-state index in [1.54, 1.807) is 42.1 Å². The lowest BCUT2D eigenvalue weighted by atomic mass is 10.1. The van der Waals surface area contributed by atoms with Crippen LogP contribution in [0.5, 0.6) is 5.75 Å². The SMILES string of the molecule is CCOC(=O)[C@H](Cc1ccccc1)NP(=O)(COCCn1cnc2c(NC3CC3)nc(N)nc21)Oc1ccccc1. The maximum atomic E-state index is 14.1. The van der Waals surface area contributed by atoms with Crippen molar-refractivity contribution >= 4 is 36.4 Å². The van der Waals surface area contributed by atoms with E-state index in [0.717, 1.165) is 18.4 Å². The van der Waals surface area contributed by atoms with Gasteiger partial charge in [-0.05, 0) is 43.9 Å². The summed E-state index contributed by atoms with van der Waals surface area (Å²) >= 11 is 0. The normalized spacial score (nSPS) is 15.2. The standard InChI is InChI=1S/C28H34N7O5P/c1-2-39-27(36)23(17-20-9-5-3-6-10-20)34-41(37,40-22-11-7-4-8-12-22)19-38-16-15-35-18-30-24-25(31-21-13-14-21)32-28(29)33-26(24)35/h3-12,18,21,23H,2,13-17,19H2,1H3,(H,34,37)(H3,29,31,32,33)/t23-,41?/m0/s1. The average molecular weight is 580 g/mol. The number of hydrogen-bond donors (Lipinski definition) is 3. The highest BCUT2D eigenvalue weighted by Crippen LogP contribution is 2.44. The van der Waals surface area contributed by atoms with Crippen LogP contribution in [0.1, 0.15) is 25.3 Å². The first-order chi connectivity index (χ1) is 19.9. The number of nitrogens with one attached hydrogen (secondary N) is 2. The van der Waals surface area contributed by atoms with E-state index in [-0.39, 0.29) is 31.9 Å². The smallest absolute Gasteiger partial charge is 0.342 e. The van der Waals surface area contributed by atoms with E-state index in [4.69, 9.17) is 19.7 Å². The third kappa shape index (κ3) is 7.81. The molecule has 1 aliphatic carbocycles. The lowest BCUT2D eigenvalue weighted by molar-refractivity contribution is -0.145. The monoisotopic (exact) mass is 579 g/mol. The van der Waals surface area contributed by atoms with Gasteiger partial charge in [0.1, 0.15) is 18.1 Å². The Kier molecular flexibility index (Phi) is 9.13. The lowest BCUT2D eigenvalue weighted by Gasteiger charge is -2.25. The first-order valence-electron chi connectivity index (χ1n) is 13.6. The van der Waals surface area contributed by atoms with Crippen LogP contribution in [0.2, 0.25) is 0 Å². The van der Waals surface area contributed by atoms with Crippen LogP contribution in [0.25, 0.3) is 11.2 Å². The van der Waals surface area contributed by atoms with Gasteiger partial charge < -0.3 is 29.6 Å². The minimum atomic E-state index is -3.74. The number of imidazole rings is 1. The number of nitrogens with zero attached hydrogens (tertiary/aromatic N) is 4. The summed E-state index contributed by atoms with van der Waals surface area (Å²) in [6.45, 7) is 2.46. The van der Waals surface area contributed by atoms with Crippen LogP contribution in [0.4, 0.5) is 11.8 Å². The maximum Gasteiger partial charge on any atom is 0.342 e. The number of nitrogens with two attached hydrogens (primary N) is 1. The molecule has 0 aliphatic heterocycles. The number of fused-ring (bicyclic) bond motifs is 1. The topological polar surface area (TPSA) is 156 Å². The highest BCUT2D eigenvalue weighted by molar-refractivity contribution is 7.57. The summed E-state index contributed by atoms with van der Waals surface area (Å²) in [5.41, 5.74) is 8.04. The molecule has 0 spiro atoms. The molecule has 12 nitrogen and oxygen atoms in total. The van der Waals surface area contributed by atoms with Gasteiger partial charge in [-0.25, -0.2) is 10.1 Å². The molecule has 41 heavy (non-hydrogen) atoms. The second-order valence-corrected chi connectivity index (χ2v) is 11.7. The van der Waals surface area contributed by atoms with Crippen LogP contribution >= 0.6 is 7.52 Å². The van der Waals surface area contributed by atoms with Gasteiger partial charge in [-0.3, -0.25) is 9.36 Å². The minimum absolute atomic E-state index is 0.150. The van der Waals surface area contributed by atoms with Crippen molar-refractivity contribution in [1.29, 1.82) is 0 Å². The molecule has 2 atom stereocenters. The fourth-order valence-corrected chi connectivity index (χ4v) is 5.93. The molecule has 4 N–H and O–H groups in total. The van der Waals surface area contributed by atoms with E-state index in [9.17, 15) is 9.36 Å². The summed E-state index contributed by atoms with van der Waals surface area (Å²) in [6.07, 6.45) is 3.80. The van der Waals surface area contributed by atoms with E-state index in [0.29, 0.717) is 35.3 Å². The van der Waals surface area contributed by atoms with Crippen molar-refractivity contribution in [3.63, 3.8) is 0 Å². The van der Waals surface area contributed by atoms with Gasteiger partial charge in [0.2, 0.25) is 5.95 Å². The van der Waals surface area contributed by atoms with E-state index in [1.807, 2.05) is 36.4 Å². The molecule has 5 rings (SSSR count). The molecule has 216 valence electrons. The van der Waals surface area contributed by atoms with Crippen LogP contribution in [-0.2, 0) is 31.8 Å². The fraction of sp³-hybridized carbons (Fsp3) is 0.357. The van der Waals surface area contributed by atoms with Crippen molar-refractivity contribution in [1.82, 2.24) is 24.6 Å². The van der Waals surface area contributed by atoms with Gasteiger partial charge in [0, 0.05) is 12.6 Å². The highest BCUT2D eigenvalue weighted by atomic mass is 31.2. The van der Waals surface area contributed by atoms with Crippen LogP contribution in [0, 0.1) is 0 Å². The summed E-state index contributed by atoms with van der Waals surface area (Å²) in [4.78, 5) is 26.0. The van der Waals surface area contributed by atoms with E-state index in [1.165, 1.54) is 0 Å². The summed E-state index contributed by atoms with van der Waals surface area (Å²) in [6, 6.07) is 17.7. The molecule has 1 unspecified atom stereocenters. The molecular formula is C28H34N7O5P. The first kappa shape index (κ1) is 28.5. The number of ether oxygens (including phenoxy) is 2. The van der Waals surface area contributed by atoms with Crippen molar-refractivity contribution in [2.24, 2.45) is 0 Å². The Bertz CT molecular complexity index is 1500. The zero-order valence-electron chi connectivity index (χ0n) is 22.8. The number of para-hydroxylation sites is 1. The molecule has 4 aromatic rings. The Hall–Kier alpha value is -3.99. The Morgan fingerprint density at radius 2 is 1.85 bits per heavy atom. The molecule has 2 aromatic heterocycles. The number of rotatable bonds is 15. The molecule has 1 aliphatic rings. The number of anilines is 2. The number of carbonyl (C=O) groups excluding carboxylic acids is 1. The van der Waals surface area contributed by atoms with Crippen LogP contribution in [-0.4, -0.2) is 57.1 Å². The van der Waals surface area contributed by atoms with Crippen LogP contribution < -0.4 is 20.7 Å². The highest BCUT2D eigenvalue weighted by Gasteiger charge is 2.33. The summed E-state index contributed by atoms with van der Waals surface area (Å²) in [7, 11) is -3.74. The van der Waals surface area contributed by atoms with Gasteiger partial charge in [-0.1, -0.05) is 48.5 Å². The van der Waals surface area contributed by atoms with Gasteiger partial charge in [0.15, 0.2) is 17.0 Å². The second kappa shape index (κ2) is 13.1. The zero-order valence-corrected chi connectivity index (χ0v) is 23.7. The Morgan fingerprint density at radius 3 is 2.56 bits per heavy atom. The Labute approximate surface area is 238 Å². The third-order valence-electron chi connectivity index (χ3n) is 6.34. The van der Waals surface area contributed by atoms with Crippen molar-refractivity contribution in [3.8, 4) is 5.75 Å². The quantitative estimate of drug-likeness (QED) is 0.106. The second-order valence-electron chi connectivity index (χ2n) is 9.70. The number of benzene rings is 2. The summed E-state index contributed by atoms with van der Waals surface area (Å²) in [5, 5.41) is 6.28. The summed E-state index contributed by atoms with van der Waals surface area (Å²) < 4.78 is 33.0. The van der Waals surface area contributed by atoms with Gasteiger partial charge in [0.25, 0.3) is 0 Å². The molecular weight excluding hydrogens is 545 g/mol. The van der Waals surface area contributed by atoms with Crippen LogP contribution in [0.3, 0.4) is 0 Å². The van der Waals surface area contributed by atoms with Crippen molar-refractivity contribution in [3.05, 3.63) is 72.6 Å². The first-order valence-corrected chi connectivity index (χ1v) is 15.4. The largest absolute Gasteiger partial charge is 0.465 e. The van der Waals surface area contributed by atoms with Crippen molar-refractivity contribution in [2.45, 2.75) is 44.8 Å². The Morgan fingerprint density at radius 1 is 1.12 bits per heavy atom. The molecule has 0 saturated heterocycles. The molecule has 0 radical (unpaired) electrons. The molecule has 2 aromatic carbocycles. The number of esters is 1. The van der Waals surface area contributed by atoms with Crippen molar-refractivity contribution < 1.29 is 23.4 Å². The predicted octanol–water partition coefficient (Wildman–Crippen LogP) is 3.99. The number of carbonyl (C=O) groups is 1. The van der Waals surface area contributed by atoms with Gasteiger partial charge in [-0.2, -0.15) is 9.97 Å². The third-order valence-corrected chi connectivity index (χ3v) is 8.07. The van der Waals surface area contributed by atoms with Gasteiger partial charge in [-0.15, -0.1) is 0 Å². The fourth-order valence-electron chi connectivity index (χ4n) is 4.25. The molecule has 1 fully saturated rings. The van der Waals surface area contributed by atoms with E-state index < -0.39 is 19.5 Å². The predicted molar refractivity (Wildman–Crippen MR) is 156 cm³/mol. The molecule has 1 saturated carbocycles. The maximum absolute atomic E-state index is 14.1. The molecule has 0 bridgehead atoms. The molecule has 0 amide bonds. The molecule has 13 heteroatoms. The van der Waals surface area contributed by atoms with Gasteiger partial charge in [0.05, 0.1) is 19.5 Å². The summed E-state index contributed by atoms with van der Waals surface area (Å²) in [5.74, 6) is 0.628. The van der Waals surface area contributed by atoms with E-state index in [2.05, 4.69) is 25.4 Å². The van der Waals surface area contributed by atoms with Crippen LogP contribution in [0.15, 0.2) is 67.0 Å². The Balaban J connectivity index is 1.29. The minimum Gasteiger partial charge on any atom is -0.465 e.